The fourth-order valence-electron chi connectivity index (χ4n) is 1.80. The van der Waals surface area contributed by atoms with Crippen LogP contribution in [0.5, 0.6) is 5.75 Å². The molecule has 2 rings (SSSR count). The zero-order valence-electron chi connectivity index (χ0n) is 11.7. The monoisotopic (exact) mass is 292 g/mol. The maximum Gasteiger partial charge on any atom is 0.340 e. The van der Waals surface area contributed by atoms with E-state index < -0.39 is 11.8 Å². The summed E-state index contributed by atoms with van der Waals surface area (Å²) in [6.07, 6.45) is 0. The third-order valence-corrected chi connectivity index (χ3v) is 2.97. The largest absolute Gasteiger partial charge is 0.489 e. The molecule has 0 amide bonds. The number of ether oxygens (including phenoxy) is 2. The minimum atomic E-state index is -0.728. The van der Waals surface area contributed by atoms with E-state index in [1.54, 1.807) is 19.1 Å². The van der Waals surface area contributed by atoms with Crippen LogP contribution in [0.1, 0.15) is 21.5 Å². The lowest BCUT2D eigenvalue weighted by Gasteiger charge is -2.08. The van der Waals surface area contributed by atoms with Gasteiger partial charge in [0.15, 0.2) is 0 Å². The highest BCUT2D eigenvalue weighted by Crippen LogP contribution is 2.18. The maximum absolute atomic E-state index is 13.7. The third-order valence-electron chi connectivity index (χ3n) is 2.97. The smallest absolute Gasteiger partial charge is 0.340 e. The standard InChI is InChI=1S/C16H14F2O3/c1-10-7-12(4-6-14(10)17)21-9-11-3-5-13(15(18)8-11)16(19)20-2/h3-8H,9H2,1-2H3. The number of aryl methyl sites for hydroxylation is 1. The molecule has 0 fully saturated rings. The molecule has 2 aromatic carbocycles. The van der Waals surface area contributed by atoms with E-state index in [9.17, 15) is 13.6 Å². The van der Waals surface area contributed by atoms with Crippen LogP contribution in [0.15, 0.2) is 36.4 Å². The van der Waals surface area contributed by atoms with Gasteiger partial charge in [-0.2, -0.15) is 0 Å². The molecule has 2 aromatic rings. The molecule has 0 aliphatic rings. The predicted octanol–water partition coefficient (Wildman–Crippen LogP) is 3.64. The Balaban J connectivity index is 2.08. The molecule has 0 bridgehead atoms. The van der Waals surface area contributed by atoms with Crippen molar-refractivity contribution >= 4 is 5.97 Å². The normalized spacial score (nSPS) is 10.3. The molecule has 0 atom stereocenters. The summed E-state index contributed by atoms with van der Waals surface area (Å²) in [4.78, 5) is 11.3. The number of hydrogen-bond donors (Lipinski definition) is 0. The Hall–Kier alpha value is -2.43. The average Bonchev–Trinajstić information content (AvgIpc) is 2.48. The van der Waals surface area contributed by atoms with Gasteiger partial charge in [-0.05, 0) is 48.4 Å². The molecule has 21 heavy (non-hydrogen) atoms. The van der Waals surface area contributed by atoms with E-state index in [1.165, 1.54) is 31.4 Å². The summed E-state index contributed by atoms with van der Waals surface area (Å²) < 4.78 is 36.8. The molecule has 0 unspecified atom stereocenters. The van der Waals surface area contributed by atoms with Crippen molar-refractivity contribution in [1.29, 1.82) is 0 Å². The van der Waals surface area contributed by atoms with Crippen LogP contribution in [0.2, 0.25) is 0 Å². The Morgan fingerprint density at radius 2 is 1.86 bits per heavy atom. The van der Waals surface area contributed by atoms with Gasteiger partial charge in [-0.3, -0.25) is 0 Å². The molecular weight excluding hydrogens is 278 g/mol. The number of carbonyl (C=O) groups excluding carboxylic acids is 1. The number of esters is 1. The van der Waals surface area contributed by atoms with Gasteiger partial charge in [0.25, 0.3) is 0 Å². The zero-order valence-corrected chi connectivity index (χ0v) is 11.7. The van der Waals surface area contributed by atoms with Gasteiger partial charge in [-0.15, -0.1) is 0 Å². The maximum atomic E-state index is 13.7. The Morgan fingerprint density at radius 3 is 2.48 bits per heavy atom. The van der Waals surface area contributed by atoms with E-state index in [0.717, 1.165) is 0 Å². The second-order valence-corrected chi connectivity index (χ2v) is 4.51. The molecule has 5 heteroatoms. The minimum absolute atomic E-state index is 0.115. The minimum Gasteiger partial charge on any atom is -0.489 e. The van der Waals surface area contributed by atoms with Gasteiger partial charge in [0.05, 0.1) is 12.7 Å². The van der Waals surface area contributed by atoms with E-state index in [4.69, 9.17) is 4.74 Å². The van der Waals surface area contributed by atoms with Gasteiger partial charge in [0.1, 0.15) is 24.0 Å². The molecule has 0 heterocycles. The zero-order chi connectivity index (χ0) is 15.4. The van der Waals surface area contributed by atoms with Crippen LogP contribution in [0, 0.1) is 18.6 Å². The molecule has 0 N–H and O–H groups in total. The van der Waals surface area contributed by atoms with E-state index in [1.807, 2.05) is 0 Å². The summed E-state index contributed by atoms with van der Waals surface area (Å²) in [5.41, 5.74) is 0.903. The van der Waals surface area contributed by atoms with Crippen LogP contribution >= 0.6 is 0 Å². The van der Waals surface area contributed by atoms with Crippen molar-refractivity contribution in [3.8, 4) is 5.75 Å². The molecule has 0 saturated heterocycles. The lowest BCUT2D eigenvalue weighted by molar-refractivity contribution is 0.0595. The van der Waals surface area contributed by atoms with Gasteiger partial charge in [0, 0.05) is 0 Å². The van der Waals surface area contributed by atoms with Crippen molar-refractivity contribution < 1.29 is 23.0 Å². The lowest BCUT2D eigenvalue weighted by atomic mass is 10.1. The number of rotatable bonds is 4. The summed E-state index contributed by atoms with van der Waals surface area (Å²) >= 11 is 0. The second kappa shape index (κ2) is 6.35. The topological polar surface area (TPSA) is 35.5 Å². The number of methoxy groups -OCH3 is 1. The van der Waals surface area contributed by atoms with E-state index in [2.05, 4.69) is 4.74 Å². The van der Waals surface area contributed by atoms with Crippen molar-refractivity contribution in [2.75, 3.05) is 7.11 Å². The van der Waals surface area contributed by atoms with Crippen LogP contribution in [0.25, 0.3) is 0 Å². The summed E-state index contributed by atoms with van der Waals surface area (Å²) in [5.74, 6) is -1.21. The number of benzene rings is 2. The molecule has 0 aliphatic heterocycles. The van der Waals surface area contributed by atoms with E-state index in [0.29, 0.717) is 16.9 Å². The highest BCUT2D eigenvalue weighted by atomic mass is 19.1. The quantitative estimate of drug-likeness (QED) is 0.807. The van der Waals surface area contributed by atoms with Gasteiger partial charge in [-0.1, -0.05) is 6.07 Å². The van der Waals surface area contributed by atoms with Crippen LogP contribution in [0.3, 0.4) is 0 Å². The van der Waals surface area contributed by atoms with Gasteiger partial charge < -0.3 is 9.47 Å². The van der Waals surface area contributed by atoms with E-state index in [-0.39, 0.29) is 18.0 Å². The van der Waals surface area contributed by atoms with Crippen molar-refractivity contribution in [3.05, 3.63) is 64.7 Å². The Morgan fingerprint density at radius 1 is 1.10 bits per heavy atom. The van der Waals surface area contributed by atoms with Gasteiger partial charge in [0.2, 0.25) is 0 Å². The molecule has 0 aliphatic carbocycles. The average molecular weight is 292 g/mol. The first-order valence-corrected chi connectivity index (χ1v) is 6.27. The highest BCUT2D eigenvalue weighted by Gasteiger charge is 2.12. The number of halogens is 2. The van der Waals surface area contributed by atoms with Crippen LogP contribution in [-0.4, -0.2) is 13.1 Å². The Bertz CT molecular complexity index is 669. The molecule has 0 saturated carbocycles. The lowest BCUT2D eigenvalue weighted by Crippen LogP contribution is -2.05. The van der Waals surface area contributed by atoms with Crippen molar-refractivity contribution in [2.45, 2.75) is 13.5 Å². The van der Waals surface area contributed by atoms with Gasteiger partial charge >= 0.3 is 5.97 Å². The highest BCUT2D eigenvalue weighted by molar-refractivity contribution is 5.89. The van der Waals surface area contributed by atoms with Crippen LogP contribution in [0.4, 0.5) is 8.78 Å². The van der Waals surface area contributed by atoms with Crippen LogP contribution in [-0.2, 0) is 11.3 Å². The summed E-state index contributed by atoms with van der Waals surface area (Å²) in [5, 5.41) is 0. The molecular formula is C16H14F2O3. The SMILES string of the molecule is COC(=O)c1ccc(COc2ccc(F)c(C)c2)cc1F. The summed E-state index contributed by atoms with van der Waals surface area (Å²) in [7, 11) is 1.19. The molecule has 110 valence electrons. The third kappa shape index (κ3) is 3.56. The predicted molar refractivity (Wildman–Crippen MR) is 73.2 cm³/mol. The second-order valence-electron chi connectivity index (χ2n) is 4.51. The number of carbonyl (C=O) groups is 1. The molecule has 0 aromatic heterocycles. The Labute approximate surface area is 121 Å². The molecule has 3 nitrogen and oxygen atoms in total. The fraction of sp³-hybridized carbons (Fsp3) is 0.188. The number of hydrogen-bond acceptors (Lipinski definition) is 3. The molecule has 0 radical (unpaired) electrons. The van der Waals surface area contributed by atoms with Crippen molar-refractivity contribution in [3.63, 3.8) is 0 Å². The first-order valence-electron chi connectivity index (χ1n) is 6.27. The van der Waals surface area contributed by atoms with Gasteiger partial charge in [-0.25, -0.2) is 13.6 Å². The summed E-state index contributed by atoms with van der Waals surface area (Å²) in [6.45, 7) is 1.75. The fourth-order valence-corrected chi connectivity index (χ4v) is 1.80. The molecule has 0 spiro atoms. The Kier molecular flexibility index (Phi) is 4.52. The van der Waals surface area contributed by atoms with Crippen molar-refractivity contribution in [2.24, 2.45) is 0 Å². The first-order chi connectivity index (χ1) is 10.0. The summed E-state index contributed by atoms with van der Waals surface area (Å²) in [6, 6.07) is 8.51. The van der Waals surface area contributed by atoms with E-state index >= 15 is 0 Å². The van der Waals surface area contributed by atoms with Crippen molar-refractivity contribution in [1.82, 2.24) is 0 Å². The first kappa shape index (κ1) is 15.0. The van der Waals surface area contributed by atoms with Crippen LogP contribution < -0.4 is 4.74 Å².